The highest BCUT2D eigenvalue weighted by molar-refractivity contribution is 7.10. The van der Waals surface area contributed by atoms with Crippen molar-refractivity contribution in [3.63, 3.8) is 0 Å². The molecule has 0 aliphatic carbocycles. The van der Waals surface area contributed by atoms with Crippen LogP contribution >= 0.6 is 11.3 Å². The molecule has 19 heavy (non-hydrogen) atoms. The number of aromatic carboxylic acids is 1. The molecule has 0 saturated heterocycles. The second-order valence-electron chi connectivity index (χ2n) is 3.96. The zero-order chi connectivity index (χ0) is 13.8. The van der Waals surface area contributed by atoms with E-state index in [2.05, 4.69) is 10.3 Å². The number of anilines is 1. The van der Waals surface area contributed by atoms with Gasteiger partial charge in [-0.3, -0.25) is 4.79 Å². The maximum atomic E-state index is 11.8. The number of carbonyl (C=O) groups excluding carboxylic acids is 1. The zero-order valence-corrected chi connectivity index (χ0v) is 11.0. The predicted octanol–water partition coefficient (Wildman–Crippen LogP) is 2.33. The number of aryl methyl sites for hydroxylation is 1. The second-order valence-corrected chi connectivity index (χ2v) is 5.08. The van der Waals surface area contributed by atoms with Crippen LogP contribution < -0.4 is 5.32 Å². The lowest BCUT2D eigenvalue weighted by molar-refractivity contribution is -0.115. The SMILES string of the molecule is Cc1sccc1CC(=O)Nc1ccc(C(=O)O)cn1. The van der Waals surface area contributed by atoms with Gasteiger partial charge in [-0.05, 0) is 36.1 Å². The van der Waals surface area contributed by atoms with E-state index in [0.717, 1.165) is 10.4 Å². The molecule has 98 valence electrons. The summed E-state index contributed by atoms with van der Waals surface area (Å²) in [7, 11) is 0. The molecule has 0 aliphatic heterocycles. The maximum absolute atomic E-state index is 11.8. The molecular weight excluding hydrogens is 264 g/mol. The number of rotatable bonds is 4. The van der Waals surface area contributed by atoms with Gasteiger partial charge >= 0.3 is 5.97 Å². The van der Waals surface area contributed by atoms with Gasteiger partial charge in [0.2, 0.25) is 5.91 Å². The molecule has 2 heterocycles. The van der Waals surface area contributed by atoms with E-state index in [1.54, 1.807) is 11.3 Å². The lowest BCUT2D eigenvalue weighted by Crippen LogP contribution is -2.15. The molecule has 2 rings (SSSR count). The Morgan fingerprint density at radius 1 is 1.37 bits per heavy atom. The summed E-state index contributed by atoms with van der Waals surface area (Å²) in [4.78, 5) is 27.4. The Bertz CT molecular complexity index is 605. The molecule has 0 saturated carbocycles. The van der Waals surface area contributed by atoms with Crippen LogP contribution in [0.25, 0.3) is 0 Å². The quantitative estimate of drug-likeness (QED) is 0.898. The van der Waals surface area contributed by atoms with Crippen LogP contribution in [0.2, 0.25) is 0 Å². The summed E-state index contributed by atoms with van der Waals surface area (Å²) in [5.74, 6) is -0.862. The summed E-state index contributed by atoms with van der Waals surface area (Å²) in [5.41, 5.74) is 1.08. The number of hydrogen-bond donors (Lipinski definition) is 2. The van der Waals surface area contributed by atoms with Crippen LogP contribution in [0.3, 0.4) is 0 Å². The molecule has 2 aromatic rings. The molecule has 0 spiro atoms. The summed E-state index contributed by atoms with van der Waals surface area (Å²) in [6, 6.07) is 4.79. The number of aromatic nitrogens is 1. The van der Waals surface area contributed by atoms with Crippen LogP contribution in [0.4, 0.5) is 5.82 Å². The average molecular weight is 276 g/mol. The molecule has 0 aromatic carbocycles. The molecule has 0 fully saturated rings. The Morgan fingerprint density at radius 3 is 2.68 bits per heavy atom. The first kappa shape index (κ1) is 13.2. The summed E-state index contributed by atoms with van der Waals surface area (Å²) in [6.45, 7) is 1.97. The van der Waals surface area contributed by atoms with Crippen LogP contribution in [0.5, 0.6) is 0 Å². The summed E-state index contributed by atoms with van der Waals surface area (Å²) in [6.07, 6.45) is 1.51. The van der Waals surface area contributed by atoms with Gasteiger partial charge in [0.25, 0.3) is 0 Å². The van der Waals surface area contributed by atoms with Crippen molar-refractivity contribution in [2.75, 3.05) is 5.32 Å². The number of pyridine rings is 1. The summed E-state index contributed by atoms with van der Waals surface area (Å²) in [5, 5.41) is 13.3. The number of nitrogens with one attached hydrogen (secondary N) is 1. The summed E-state index contributed by atoms with van der Waals surface area (Å²) >= 11 is 1.60. The van der Waals surface area contributed by atoms with Crippen LogP contribution in [0.15, 0.2) is 29.8 Å². The zero-order valence-electron chi connectivity index (χ0n) is 10.2. The number of carboxylic acids is 1. The van der Waals surface area contributed by atoms with E-state index in [1.807, 2.05) is 18.4 Å². The maximum Gasteiger partial charge on any atom is 0.337 e. The molecular formula is C13H12N2O3S. The normalized spacial score (nSPS) is 10.2. The Labute approximate surface area is 113 Å². The first-order valence-electron chi connectivity index (χ1n) is 5.58. The van der Waals surface area contributed by atoms with Crippen molar-refractivity contribution in [1.29, 1.82) is 0 Å². The van der Waals surface area contributed by atoms with Crippen molar-refractivity contribution in [1.82, 2.24) is 4.98 Å². The molecule has 0 radical (unpaired) electrons. The molecule has 5 nitrogen and oxygen atoms in total. The van der Waals surface area contributed by atoms with E-state index in [-0.39, 0.29) is 17.9 Å². The Balaban J connectivity index is 1.99. The highest BCUT2D eigenvalue weighted by Gasteiger charge is 2.09. The van der Waals surface area contributed by atoms with E-state index in [1.165, 1.54) is 18.3 Å². The molecule has 2 aromatic heterocycles. The lowest BCUT2D eigenvalue weighted by Gasteiger charge is -2.04. The Morgan fingerprint density at radius 2 is 2.16 bits per heavy atom. The minimum absolute atomic E-state index is 0.0895. The number of carbonyl (C=O) groups is 2. The highest BCUT2D eigenvalue weighted by atomic mass is 32.1. The topological polar surface area (TPSA) is 79.3 Å². The van der Waals surface area contributed by atoms with E-state index >= 15 is 0 Å². The monoisotopic (exact) mass is 276 g/mol. The van der Waals surface area contributed by atoms with E-state index in [0.29, 0.717) is 5.82 Å². The standard InChI is InChI=1S/C13H12N2O3S/c1-8-9(4-5-19-8)6-12(16)15-11-3-2-10(7-14-11)13(17)18/h2-5,7H,6H2,1H3,(H,17,18)(H,14,15,16). The molecule has 0 bridgehead atoms. The largest absolute Gasteiger partial charge is 0.478 e. The fourth-order valence-corrected chi connectivity index (χ4v) is 2.28. The van der Waals surface area contributed by atoms with Gasteiger partial charge in [0.05, 0.1) is 12.0 Å². The molecule has 1 amide bonds. The predicted molar refractivity (Wildman–Crippen MR) is 72.6 cm³/mol. The molecule has 2 N–H and O–H groups in total. The van der Waals surface area contributed by atoms with Crippen LogP contribution in [0.1, 0.15) is 20.8 Å². The van der Waals surface area contributed by atoms with Gasteiger partial charge in [-0.15, -0.1) is 11.3 Å². The van der Waals surface area contributed by atoms with Crippen LogP contribution in [-0.4, -0.2) is 22.0 Å². The number of nitrogens with zero attached hydrogens (tertiary/aromatic N) is 1. The van der Waals surface area contributed by atoms with Crippen LogP contribution in [0, 0.1) is 6.92 Å². The third kappa shape index (κ3) is 3.38. The summed E-state index contributed by atoms with van der Waals surface area (Å²) < 4.78 is 0. The molecule has 0 unspecified atom stereocenters. The van der Waals surface area contributed by atoms with Gasteiger partial charge in [0.15, 0.2) is 0 Å². The van der Waals surface area contributed by atoms with Crippen molar-refractivity contribution in [3.8, 4) is 0 Å². The third-order valence-electron chi connectivity index (χ3n) is 2.60. The number of hydrogen-bond acceptors (Lipinski definition) is 4. The van der Waals surface area contributed by atoms with Gasteiger partial charge in [-0.25, -0.2) is 9.78 Å². The van der Waals surface area contributed by atoms with Crippen LogP contribution in [-0.2, 0) is 11.2 Å². The number of amides is 1. The van der Waals surface area contributed by atoms with E-state index in [4.69, 9.17) is 5.11 Å². The number of thiophene rings is 1. The van der Waals surface area contributed by atoms with Gasteiger partial charge < -0.3 is 10.4 Å². The van der Waals surface area contributed by atoms with E-state index < -0.39 is 5.97 Å². The third-order valence-corrected chi connectivity index (χ3v) is 3.48. The van der Waals surface area contributed by atoms with Crippen molar-refractivity contribution in [2.45, 2.75) is 13.3 Å². The second kappa shape index (κ2) is 5.62. The van der Waals surface area contributed by atoms with Crippen molar-refractivity contribution in [2.24, 2.45) is 0 Å². The first-order valence-corrected chi connectivity index (χ1v) is 6.46. The van der Waals surface area contributed by atoms with Gasteiger partial charge in [0, 0.05) is 11.1 Å². The number of carboxylic acid groups (broad SMARTS) is 1. The van der Waals surface area contributed by atoms with Gasteiger partial charge in [-0.2, -0.15) is 0 Å². The minimum Gasteiger partial charge on any atom is -0.478 e. The van der Waals surface area contributed by atoms with Crippen molar-refractivity contribution in [3.05, 3.63) is 45.8 Å². The van der Waals surface area contributed by atoms with Crippen molar-refractivity contribution >= 4 is 29.0 Å². The molecule has 0 atom stereocenters. The lowest BCUT2D eigenvalue weighted by atomic mass is 10.2. The molecule has 0 aliphatic rings. The Kier molecular flexibility index (Phi) is 3.91. The average Bonchev–Trinajstić information content (AvgIpc) is 2.75. The Hall–Kier alpha value is -2.21. The van der Waals surface area contributed by atoms with E-state index in [9.17, 15) is 9.59 Å². The fraction of sp³-hybridized carbons (Fsp3) is 0.154. The first-order chi connectivity index (χ1) is 9.06. The smallest absolute Gasteiger partial charge is 0.337 e. The van der Waals surface area contributed by atoms with Gasteiger partial charge in [0.1, 0.15) is 5.82 Å². The van der Waals surface area contributed by atoms with Gasteiger partial charge in [-0.1, -0.05) is 0 Å². The highest BCUT2D eigenvalue weighted by Crippen LogP contribution is 2.16. The fourth-order valence-electron chi connectivity index (χ4n) is 1.55. The molecule has 6 heteroatoms. The minimum atomic E-state index is -1.04. The van der Waals surface area contributed by atoms with Crippen molar-refractivity contribution < 1.29 is 14.7 Å².